The number of para-hydroxylation sites is 1. The van der Waals surface area contributed by atoms with Gasteiger partial charge in [-0.3, -0.25) is 24.3 Å². The number of primary amides is 1. The van der Waals surface area contributed by atoms with Crippen molar-refractivity contribution in [2.45, 2.75) is 13.5 Å². The number of nitrogens with zero attached hydrogens (tertiary/aromatic N) is 3. The highest BCUT2D eigenvalue weighted by molar-refractivity contribution is 5.93. The predicted octanol–water partition coefficient (Wildman–Crippen LogP) is 1.76. The summed E-state index contributed by atoms with van der Waals surface area (Å²) in [5.41, 5.74) is 6.39. The molecule has 8 heteroatoms. The number of hydrogen-bond donors (Lipinski definition) is 1. The minimum atomic E-state index is -0.755. The first-order valence-electron chi connectivity index (χ1n) is 7.40. The lowest BCUT2D eigenvalue weighted by atomic mass is 10.1. The summed E-state index contributed by atoms with van der Waals surface area (Å²) in [7, 11) is 0. The van der Waals surface area contributed by atoms with Gasteiger partial charge in [-0.25, -0.2) is 4.98 Å². The van der Waals surface area contributed by atoms with Crippen molar-refractivity contribution in [3.8, 4) is 0 Å². The summed E-state index contributed by atoms with van der Waals surface area (Å²) in [4.78, 5) is 38.8. The Morgan fingerprint density at radius 3 is 2.76 bits per heavy atom. The summed E-state index contributed by atoms with van der Waals surface area (Å²) >= 11 is 0. The van der Waals surface area contributed by atoms with Crippen LogP contribution in [0.25, 0.3) is 10.9 Å². The smallest absolute Gasteiger partial charge is 0.275 e. The molecule has 1 aromatic heterocycles. The molecule has 0 aliphatic rings. The van der Waals surface area contributed by atoms with Crippen LogP contribution in [-0.2, 0) is 6.54 Å². The molecule has 0 saturated carbocycles. The van der Waals surface area contributed by atoms with Crippen molar-refractivity contribution in [1.82, 2.24) is 9.55 Å². The third-order valence-corrected chi connectivity index (χ3v) is 3.96. The van der Waals surface area contributed by atoms with Crippen molar-refractivity contribution >= 4 is 22.5 Å². The maximum atomic E-state index is 12.6. The lowest BCUT2D eigenvalue weighted by molar-refractivity contribution is -0.385. The Morgan fingerprint density at radius 1 is 1.32 bits per heavy atom. The first kappa shape index (κ1) is 16.3. The molecular weight excluding hydrogens is 324 g/mol. The zero-order valence-electron chi connectivity index (χ0n) is 13.3. The van der Waals surface area contributed by atoms with Crippen molar-refractivity contribution < 1.29 is 9.72 Å². The van der Waals surface area contributed by atoms with Crippen LogP contribution in [0.4, 0.5) is 5.69 Å². The third kappa shape index (κ3) is 2.97. The molecule has 0 spiro atoms. The van der Waals surface area contributed by atoms with Gasteiger partial charge in [0.2, 0.25) is 5.91 Å². The highest BCUT2D eigenvalue weighted by atomic mass is 16.6. The lowest BCUT2D eigenvalue weighted by Crippen LogP contribution is -2.22. The average Bonchev–Trinajstić information content (AvgIpc) is 2.58. The van der Waals surface area contributed by atoms with Crippen LogP contribution in [0.5, 0.6) is 0 Å². The van der Waals surface area contributed by atoms with Crippen LogP contribution in [0.1, 0.15) is 21.5 Å². The molecule has 2 aromatic carbocycles. The van der Waals surface area contributed by atoms with Gasteiger partial charge >= 0.3 is 0 Å². The molecule has 1 amide bonds. The van der Waals surface area contributed by atoms with Crippen LogP contribution in [0.3, 0.4) is 0 Å². The summed E-state index contributed by atoms with van der Waals surface area (Å²) in [6.45, 7) is 1.82. The largest absolute Gasteiger partial charge is 0.366 e. The van der Waals surface area contributed by atoms with Gasteiger partial charge in [-0.1, -0.05) is 12.1 Å². The number of carbonyl (C=O) groups excluding carboxylic acids is 1. The minimum Gasteiger partial charge on any atom is -0.366 e. The van der Waals surface area contributed by atoms with E-state index in [1.54, 1.807) is 12.1 Å². The Kier molecular flexibility index (Phi) is 4.02. The summed E-state index contributed by atoms with van der Waals surface area (Å²) in [5.74, 6) is -0.755. The monoisotopic (exact) mass is 338 g/mol. The molecule has 0 fully saturated rings. The molecule has 0 bridgehead atoms. The third-order valence-electron chi connectivity index (χ3n) is 3.96. The van der Waals surface area contributed by atoms with Crippen LogP contribution >= 0.6 is 0 Å². The Morgan fingerprint density at radius 2 is 2.08 bits per heavy atom. The molecular formula is C17H14N4O4. The van der Waals surface area contributed by atoms with E-state index in [9.17, 15) is 19.7 Å². The average molecular weight is 338 g/mol. The number of benzene rings is 2. The molecule has 0 radical (unpaired) electrons. The second kappa shape index (κ2) is 6.16. The number of nitro benzene ring substituents is 1. The maximum absolute atomic E-state index is 12.6. The van der Waals surface area contributed by atoms with Crippen molar-refractivity contribution in [2.24, 2.45) is 5.73 Å². The standard InChI is InChI=1S/C17H14N4O4/c1-10-3-2-4-13-15(10)19-9-20(17(13)23)8-12-6-5-11(16(18)22)7-14(12)21(24)25/h2-7,9H,8H2,1H3,(H2,18,22). The van der Waals surface area contributed by atoms with Crippen molar-refractivity contribution in [1.29, 1.82) is 0 Å². The zero-order chi connectivity index (χ0) is 18.1. The van der Waals surface area contributed by atoms with Gasteiger partial charge in [-0.15, -0.1) is 0 Å². The van der Waals surface area contributed by atoms with Gasteiger partial charge in [0.1, 0.15) is 0 Å². The summed E-state index contributed by atoms with van der Waals surface area (Å²) in [6, 6.07) is 9.21. The molecule has 126 valence electrons. The first-order valence-corrected chi connectivity index (χ1v) is 7.40. The fraction of sp³-hybridized carbons (Fsp3) is 0.118. The SMILES string of the molecule is Cc1cccc2c(=O)n(Cc3ccc(C(N)=O)cc3[N+](=O)[O-])cnc12. The number of nitro groups is 1. The summed E-state index contributed by atoms with van der Waals surface area (Å²) in [6.07, 6.45) is 1.36. The Labute approximate surface area is 141 Å². The van der Waals surface area contributed by atoms with E-state index >= 15 is 0 Å². The number of aromatic nitrogens is 2. The molecule has 3 aromatic rings. The summed E-state index contributed by atoms with van der Waals surface area (Å²) < 4.78 is 1.30. The van der Waals surface area contributed by atoms with E-state index in [1.165, 1.54) is 23.0 Å². The van der Waals surface area contributed by atoms with Gasteiger partial charge < -0.3 is 5.73 Å². The van der Waals surface area contributed by atoms with E-state index in [0.717, 1.165) is 11.6 Å². The molecule has 25 heavy (non-hydrogen) atoms. The van der Waals surface area contributed by atoms with Gasteiger partial charge in [0.25, 0.3) is 11.2 Å². The van der Waals surface area contributed by atoms with Crippen LogP contribution in [0.15, 0.2) is 47.5 Å². The zero-order valence-corrected chi connectivity index (χ0v) is 13.3. The Bertz CT molecular complexity index is 1070. The number of amides is 1. The minimum absolute atomic E-state index is 0.0366. The molecule has 2 N–H and O–H groups in total. The van der Waals surface area contributed by atoms with Gasteiger partial charge in [0, 0.05) is 17.2 Å². The van der Waals surface area contributed by atoms with E-state index < -0.39 is 10.8 Å². The first-order chi connectivity index (χ1) is 11.9. The van der Waals surface area contributed by atoms with Crippen LogP contribution in [0.2, 0.25) is 0 Å². The highest BCUT2D eigenvalue weighted by Crippen LogP contribution is 2.21. The number of aryl methyl sites for hydroxylation is 1. The van der Waals surface area contributed by atoms with E-state index in [1.807, 2.05) is 13.0 Å². The van der Waals surface area contributed by atoms with Gasteiger partial charge in [-0.05, 0) is 30.7 Å². The second-order valence-corrected chi connectivity index (χ2v) is 5.61. The number of rotatable bonds is 4. The maximum Gasteiger partial charge on any atom is 0.275 e. The molecule has 0 aliphatic carbocycles. The van der Waals surface area contributed by atoms with Crippen LogP contribution < -0.4 is 11.3 Å². The summed E-state index contributed by atoms with van der Waals surface area (Å²) in [5, 5.41) is 11.7. The van der Waals surface area contributed by atoms with Gasteiger partial charge in [-0.2, -0.15) is 0 Å². The predicted molar refractivity (Wildman–Crippen MR) is 91.5 cm³/mol. The van der Waals surface area contributed by atoms with E-state index in [4.69, 9.17) is 5.73 Å². The number of carbonyl (C=O) groups is 1. The number of nitrogens with two attached hydrogens (primary N) is 1. The van der Waals surface area contributed by atoms with Crippen molar-refractivity contribution in [3.63, 3.8) is 0 Å². The van der Waals surface area contributed by atoms with E-state index in [-0.39, 0.29) is 28.9 Å². The molecule has 0 aliphatic heterocycles. The molecule has 0 unspecified atom stereocenters. The Balaban J connectivity index is 2.10. The van der Waals surface area contributed by atoms with Crippen molar-refractivity contribution in [3.05, 3.63) is 79.9 Å². The fourth-order valence-electron chi connectivity index (χ4n) is 2.65. The number of fused-ring (bicyclic) bond motifs is 1. The highest BCUT2D eigenvalue weighted by Gasteiger charge is 2.17. The normalized spacial score (nSPS) is 10.8. The quantitative estimate of drug-likeness (QED) is 0.574. The van der Waals surface area contributed by atoms with Crippen LogP contribution in [0, 0.1) is 17.0 Å². The molecule has 0 saturated heterocycles. The Hall–Kier alpha value is -3.55. The van der Waals surface area contributed by atoms with E-state index in [2.05, 4.69) is 4.98 Å². The molecule has 3 rings (SSSR count). The van der Waals surface area contributed by atoms with Gasteiger partial charge in [0.15, 0.2) is 0 Å². The molecule has 0 atom stereocenters. The fourth-order valence-corrected chi connectivity index (χ4v) is 2.65. The van der Waals surface area contributed by atoms with E-state index in [0.29, 0.717) is 10.9 Å². The number of hydrogen-bond acceptors (Lipinski definition) is 5. The lowest BCUT2D eigenvalue weighted by Gasteiger charge is -2.09. The van der Waals surface area contributed by atoms with Gasteiger partial charge in [0.05, 0.1) is 28.7 Å². The molecule has 1 heterocycles. The topological polar surface area (TPSA) is 121 Å². The second-order valence-electron chi connectivity index (χ2n) is 5.61. The molecule has 8 nitrogen and oxygen atoms in total. The van der Waals surface area contributed by atoms with Crippen molar-refractivity contribution in [2.75, 3.05) is 0 Å². The van der Waals surface area contributed by atoms with Crippen LogP contribution in [-0.4, -0.2) is 20.4 Å².